The number of carbonyl (C=O) groups is 1. The number of methoxy groups -OCH3 is 1. The average Bonchev–Trinajstić information content (AvgIpc) is 2.97. The summed E-state index contributed by atoms with van der Waals surface area (Å²) in [5, 5.41) is 18.4. The molecule has 0 saturated carbocycles. The van der Waals surface area contributed by atoms with E-state index in [1.54, 1.807) is 20.1 Å². The molecule has 0 bridgehead atoms. The maximum absolute atomic E-state index is 11.9. The average molecular weight is 275 g/mol. The standard InChI is InChI=1S/C14H17N3O3/c1-9(8-18)15-14(19)13-7-12(16-17-13)10-4-3-5-11(6-10)20-2/h3-7,9,18H,8H2,1-2H3,(H,15,19)(H,16,17). The number of ether oxygens (including phenoxy) is 1. The lowest BCUT2D eigenvalue weighted by molar-refractivity contribution is 0.0917. The zero-order valence-electron chi connectivity index (χ0n) is 11.4. The number of amides is 1. The van der Waals surface area contributed by atoms with Crippen LogP contribution in [0.25, 0.3) is 11.3 Å². The molecule has 1 aromatic heterocycles. The lowest BCUT2D eigenvalue weighted by Gasteiger charge is -2.08. The Hall–Kier alpha value is -2.34. The first-order valence-corrected chi connectivity index (χ1v) is 6.25. The van der Waals surface area contributed by atoms with E-state index in [0.717, 1.165) is 11.3 Å². The second-order valence-corrected chi connectivity index (χ2v) is 4.46. The van der Waals surface area contributed by atoms with Crippen molar-refractivity contribution in [1.82, 2.24) is 15.5 Å². The van der Waals surface area contributed by atoms with Gasteiger partial charge in [0.05, 0.1) is 19.4 Å². The van der Waals surface area contributed by atoms with Crippen LogP contribution in [0.4, 0.5) is 0 Å². The fourth-order valence-electron chi connectivity index (χ4n) is 1.72. The van der Waals surface area contributed by atoms with Crippen molar-refractivity contribution >= 4 is 5.91 Å². The second kappa shape index (κ2) is 6.21. The number of nitrogens with zero attached hydrogens (tertiary/aromatic N) is 1. The first-order chi connectivity index (χ1) is 9.63. The van der Waals surface area contributed by atoms with Gasteiger partial charge in [0.1, 0.15) is 11.4 Å². The Morgan fingerprint density at radius 2 is 2.30 bits per heavy atom. The van der Waals surface area contributed by atoms with E-state index in [1.807, 2.05) is 24.3 Å². The van der Waals surface area contributed by atoms with Crippen LogP contribution in [-0.2, 0) is 0 Å². The van der Waals surface area contributed by atoms with Crippen LogP contribution < -0.4 is 10.1 Å². The number of carbonyl (C=O) groups excluding carboxylic acids is 1. The van der Waals surface area contributed by atoms with Crippen LogP contribution in [0.15, 0.2) is 30.3 Å². The summed E-state index contributed by atoms with van der Waals surface area (Å²) in [7, 11) is 1.60. The van der Waals surface area contributed by atoms with Crippen LogP contribution in [0.2, 0.25) is 0 Å². The van der Waals surface area contributed by atoms with Gasteiger partial charge in [-0.05, 0) is 25.1 Å². The Balaban J connectivity index is 2.17. The van der Waals surface area contributed by atoms with Gasteiger partial charge in [0.2, 0.25) is 0 Å². The molecule has 1 aromatic carbocycles. The number of aliphatic hydroxyl groups is 1. The van der Waals surface area contributed by atoms with E-state index in [4.69, 9.17) is 9.84 Å². The van der Waals surface area contributed by atoms with Gasteiger partial charge >= 0.3 is 0 Å². The fraction of sp³-hybridized carbons (Fsp3) is 0.286. The van der Waals surface area contributed by atoms with E-state index >= 15 is 0 Å². The van der Waals surface area contributed by atoms with E-state index in [2.05, 4.69) is 15.5 Å². The van der Waals surface area contributed by atoms with E-state index in [9.17, 15) is 4.79 Å². The van der Waals surface area contributed by atoms with Gasteiger partial charge in [-0.15, -0.1) is 0 Å². The van der Waals surface area contributed by atoms with Gasteiger partial charge in [0.15, 0.2) is 0 Å². The van der Waals surface area contributed by atoms with Gasteiger partial charge in [-0.1, -0.05) is 12.1 Å². The third-order valence-corrected chi connectivity index (χ3v) is 2.84. The lowest BCUT2D eigenvalue weighted by Crippen LogP contribution is -2.35. The van der Waals surface area contributed by atoms with Crippen LogP contribution >= 0.6 is 0 Å². The third kappa shape index (κ3) is 3.16. The van der Waals surface area contributed by atoms with Crippen LogP contribution in [0.3, 0.4) is 0 Å². The molecule has 1 heterocycles. The number of hydrogen-bond donors (Lipinski definition) is 3. The van der Waals surface area contributed by atoms with Crippen molar-refractivity contribution in [3.05, 3.63) is 36.0 Å². The number of benzene rings is 1. The molecule has 2 aromatic rings. The van der Waals surface area contributed by atoms with Crippen LogP contribution in [0.1, 0.15) is 17.4 Å². The number of aromatic nitrogens is 2. The molecule has 6 heteroatoms. The molecule has 20 heavy (non-hydrogen) atoms. The normalized spacial score (nSPS) is 11.9. The van der Waals surface area contributed by atoms with E-state index < -0.39 is 0 Å². The Morgan fingerprint density at radius 3 is 3.00 bits per heavy atom. The van der Waals surface area contributed by atoms with Crippen LogP contribution in [0, 0.1) is 0 Å². The Labute approximate surface area is 116 Å². The van der Waals surface area contributed by atoms with Crippen LogP contribution in [-0.4, -0.2) is 41.0 Å². The minimum atomic E-state index is -0.300. The summed E-state index contributed by atoms with van der Waals surface area (Å²) in [5.74, 6) is 0.429. The monoisotopic (exact) mass is 275 g/mol. The summed E-state index contributed by atoms with van der Waals surface area (Å²) in [4.78, 5) is 11.9. The molecule has 6 nitrogen and oxygen atoms in total. The SMILES string of the molecule is COc1cccc(-c2cc(C(=O)NC(C)CO)[nH]n2)c1. The summed E-state index contributed by atoms with van der Waals surface area (Å²) in [6.07, 6.45) is 0. The largest absolute Gasteiger partial charge is 0.497 e. The molecule has 0 aliphatic heterocycles. The Kier molecular flexibility index (Phi) is 4.37. The molecule has 0 aliphatic rings. The second-order valence-electron chi connectivity index (χ2n) is 4.46. The van der Waals surface area contributed by atoms with E-state index in [0.29, 0.717) is 11.4 Å². The van der Waals surface area contributed by atoms with Crippen molar-refractivity contribution < 1.29 is 14.6 Å². The maximum Gasteiger partial charge on any atom is 0.269 e. The molecule has 0 aliphatic carbocycles. The number of aromatic amines is 1. The Morgan fingerprint density at radius 1 is 1.50 bits per heavy atom. The molecule has 3 N–H and O–H groups in total. The van der Waals surface area contributed by atoms with Gasteiger partial charge in [-0.2, -0.15) is 5.10 Å². The molecular weight excluding hydrogens is 258 g/mol. The zero-order chi connectivity index (χ0) is 14.5. The van der Waals surface area contributed by atoms with Crippen molar-refractivity contribution in [3.8, 4) is 17.0 Å². The summed E-state index contributed by atoms with van der Waals surface area (Å²) < 4.78 is 5.15. The molecule has 1 atom stereocenters. The molecule has 2 rings (SSSR count). The first-order valence-electron chi connectivity index (χ1n) is 6.25. The lowest BCUT2D eigenvalue weighted by atomic mass is 10.1. The summed E-state index contributed by atoms with van der Waals surface area (Å²) in [6.45, 7) is 1.61. The predicted octanol–water partition coefficient (Wildman–Crippen LogP) is 1.20. The highest BCUT2D eigenvalue weighted by molar-refractivity contribution is 5.93. The van der Waals surface area contributed by atoms with Crippen molar-refractivity contribution in [3.63, 3.8) is 0 Å². The fourth-order valence-corrected chi connectivity index (χ4v) is 1.72. The highest BCUT2D eigenvalue weighted by Gasteiger charge is 2.13. The Bertz CT molecular complexity index is 595. The third-order valence-electron chi connectivity index (χ3n) is 2.84. The minimum absolute atomic E-state index is 0.109. The van der Waals surface area contributed by atoms with E-state index in [1.165, 1.54) is 0 Å². The summed E-state index contributed by atoms with van der Waals surface area (Å²) >= 11 is 0. The molecule has 1 unspecified atom stereocenters. The van der Waals surface area contributed by atoms with Gasteiger partial charge in [-0.25, -0.2) is 0 Å². The molecule has 0 fully saturated rings. The number of rotatable bonds is 5. The number of aliphatic hydroxyl groups excluding tert-OH is 1. The van der Waals surface area contributed by atoms with Crippen molar-refractivity contribution in [2.24, 2.45) is 0 Å². The predicted molar refractivity (Wildman–Crippen MR) is 74.6 cm³/mol. The first kappa shape index (κ1) is 14.1. The van der Waals surface area contributed by atoms with Gasteiger partial charge in [0.25, 0.3) is 5.91 Å². The van der Waals surface area contributed by atoms with Crippen LogP contribution in [0.5, 0.6) is 5.75 Å². The molecule has 106 valence electrons. The summed E-state index contributed by atoms with van der Waals surface area (Å²) in [6, 6.07) is 8.79. The van der Waals surface area contributed by atoms with Gasteiger partial charge < -0.3 is 15.2 Å². The number of H-pyrrole nitrogens is 1. The maximum atomic E-state index is 11.9. The highest BCUT2D eigenvalue weighted by atomic mass is 16.5. The number of hydrogen-bond acceptors (Lipinski definition) is 4. The molecular formula is C14H17N3O3. The smallest absolute Gasteiger partial charge is 0.269 e. The number of nitrogens with one attached hydrogen (secondary N) is 2. The van der Waals surface area contributed by atoms with Gasteiger partial charge in [-0.3, -0.25) is 9.89 Å². The highest BCUT2D eigenvalue weighted by Crippen LogP contribution is 2.22. The topological polar surface area (TPSA) is 87.2 Å². The summed E-state index contributed by atoms with van der Waals surface area (Å²) in [5.41, 5.74) is 1.86. The minimum Gasteiger partial charge on any atom is -0.497 e. The molecule has 0 spiro atoms. The molecule has 0 radical (unpaired) electrons. The molecule has 0 saturated heterocycles. The van der Waals surface area contributed by atoms with Crippen molar-refractivity contribution in [1.29, 1.82) is 0 Å². The quantitative estimate of drug-likeness (QED) is 0.765. The van der Waals surface area contributed by atoms with Crippen molar-refractivity contribution in [2.75, 3.05) is 13.7 Å². The van der Waals surface area contributed by atoms with Gasteiger partial charge in [0, 0.05) is 11.6 Å². The molecule has 1 amide bonds. The van der Waals surface area contributed by atoms with E-state index in [-0.39, 0.29) is 18.6 Å². The van der Waals surface area contributed by atoms with Crippen molar-refractivity contribution in [2.45, 2.75) is 13.0 Å². The zero-order valence-corrected chi connectivity index (χ0v) is 11.4.